The summed E-state index contributed by atoms with van der Waals surface area (Å²) in [6.07, 6.45) is 3.34. The Hall–Kier alpha value is -4.30. The molecule has 3 aromatic carbocycles. The monoisotopic (exact) mass is 481 g/mol. The highest BCUT2D eigenvalue weighted by molar-refractivity contribution is 5.95. The van der Waals surface area contributed by atoms with Crippen molar-refractivity contribution in [3.8, 4) is 11.1 Å². The van der Waals surface area contributed by atoms with Crippen LogP contribution in [0.15, 0.2) is 90.6 Å². The summed E-state index contributed by atoms with van der Waals surface area (Å²) in [5, 5.41) is 7.73. The normalized spacial score (nSPS) is 14.4. The molecule has 5 rings (SSSR count). The number of anilines is 3. The zero-order chi connectivity index (χ0) is 24.9. The summed E-state index contributed by atoms with van der Waals surface area (Å²) in [6.45, 7) is 5.61. The van der Waals surface area contributed by atoms with Gasteiger partial charge in [-0.1, -0.05) is 36.9 Å². The molecule has 4 N–H and O–H groups in total. The highest BCUT2D eigenvalue weighted by Gasteiger charge is 2.25. The van der Waals surface area contributed by atoms with E-state index in [1.165, 1.54) is 6.08 Å². The van der Waals surface area contributed by atoms with Gasteiger partial charge in [0.1, 0.15) is 12.5 Å². The summed E-state index contributed by atoms with van der Waals surface area (Å²) in [5.74, 6) is 0.883. The van der Waals surface area contributed by atoms with E-state index in [2.05, 4.69) is 32.1 Å². The van der Waals surface area contributed by atoms with E-state index < -0.39 is 0 Å². The summed E-state index contributed by atoms with van der Waals surface area (Å²) < 4.78 is 12.4. The third-order valence-electron chi connectivity index (χ3n) is 6.11. The lowest BCUT2D eigenvalue weighted by Gasteiger charge is -2.39. The molecule has 1 fully saturated rings. The number of hydrogen-bond acceptors (Lipinski definition) is 6. The molecule has 2 heterocycles. The maximum atomic E-state index is 12.4. The number of rotatable bonds is 9. The van der Waals surface area contributed by atoms with E-state index in [0.717, 1.165) is 52.2 Å². The minimum absolute atomic E-state index is 0.294. The number of likely N-dealkylation sites (tertiary alicyclic amines) is 1. The first-order chi connectivity index (χ1) is 17.6. The molecule has 1 saturated heterocycles. The summed E-state index contributed by atoms with van der Waals surface area (Å²) in [6, 6.07) is 22.3. The molecule has 36 heavy (non-hydrogen) atoms. The fraction of sp³-hybridized carbons (Fsp3) is 0.179. The number of nitrogens with one attached hydrogen (secondary N) is 2. The number of aromatic nitrogens is 2. The van der Waals surface area contributed by atoms with Crippen LogP contribution in [0.5, 0.6) is 0 Å². The molecule has 0 spiro atoms. The van der Waals surface area contributed by atoms with Crippen LogP contribution in [0, 0.1) is 0 Å². The number of benzene rings is 3. The van der Waals surface area contributed by atoms with Crippen molar-refractivity contribution >= 4 is 39.7 Å². The van der Waals surface area contributed by atoms with Crippen molar-refractivity contribution in [2.24, 2.45) is 10.7 Å². The molecule has 1 aliphatic rings. The van der Waals surface area contributed by atoms with Crippen LogP contribution in [0.1, 0.15) is 0 Å². The summed E-state index contributed by atoms with van der Waals surface area (Å²) in [7, 11) is 0. The van der Waals surface area contributed by atoms with E-state index in [1.807, 2.05) is 72.9 Å². The molecule has 0 amide bonds. The Balaban J connectivity index is 1.34. The van der Waals surface area contributed by atoms with E-state index in [-0.39, 0.29) is 6.67 Å². The minimum atomic E-state index is -0.294. The number of nitrogens with zero attached hydrogens (tertiary/aromatic N) is 4. The lowest BCUT2D eigenvalue weighted by molar-refractivity contribution is 0.150. The van der Waals surface area contributed by atoms with Crippen LogP contribution in [0.4, 0.5) is 27.4 Å². The van der Waals surface area contributed by atoms with Gasteiger partial charge in [0, 0.05) is 48.2 Å². The second-order valence-corrected chi connectivity index (χ2v) is 8.72. The lowest BCUT2D eigenvalue weighted by Crippen LogP contribution is -2.55. The molecular formula is C28H28FN7. The Morgan fingerprint density at radius 1 is 1.11 bits per heavy atom. The fourth-order valence-corrected chi connectivity index (χ4v) is 4.26. The number of alkyl halides is 1. The largest absolute Gasteiger partial charge is 0.384 e. The van der Waals surface area contributed by atoms with Gasteiger partial charge in [-0.3, -0.25) is 4.90 Å². The van der Waals surface area contributed by atoms with Crippen LogP contribution in [-0.4, -0.2) is 53.1 Å². The third kappa shape index (κ3) is 5.34. The van der Waals surface area contributed by atoms with Gasteiger partial charge in [-0.25, -0.2) is 19.4 Å². The number of aliphatic imine (C=N–C) groups is 1. The first-order valence-corrected chi connectivity index (χ1v) is 11.9. The van der Waals surface area contributed by atoms with Gasteiger partial charge in [0.25, 0.3) is 0 Å². The predicted molar refractivity (Wildman–Crippen MR) is 146 cm³/mol. The van der Waals surface area contributed by atoms with Crippen LogP contribution in [0.3, 0.4) is 0 Å². The molecule has 0 aliphatic carbocycles. The minimum Gasteiger partial charge on any atom is -0.384 e. The Morgan fingerprint density at radius 2 is 1.89 bits per heavy atom. The Kier molecular flexibility index (Phi) is 6.86. The number of amidine groups is 1. The van der Waals surface area contributed by atoms with Gasteiger partial charge in [0.05, 0.1) is 17.2 Å². The molecule has 0 atom stereocenters. The number of para-hydroxylation sites is 1. The molecule has 182 valence electrons. The third-order valence-corrected chi connectivity index (χ3v) is 6.11. The van der Waals surface area contributed by atoms with Crippen molar-refractivity contribution in [1.29, 1.82) is 0 Å². The Bertz CT molecular complexity index is 1390. The SMILES string of the molecule is C=CC(N)=Nc1cccc(-c2cccc3cnc(Nc4ccc(NC5CN(CCF)C5)cc4)nc23)c1. The number of halogens is 1. The fourth-order valence-electron chi connectivity index (χ4n) is 4.26. The van der Waals surface area contributed by atoms with Crippen LogP contribution < -0.4 is 16.4 Å². The van der Waals surface area contributed by atoms with Crippen LogP contribution >= 0.6 is 0 Å². The Labute approximate surface area is 209 Å². The first kappa shape index (κ1) is 23.4. The number of fused-ring (bicyclic) bond motifs is 1. The molecule has 0 bridgehead atoms. The molecule has 0 saturated carbocycles. The summed E-state index contributed by atoms with van der Waals surface area (Å²) in [4.78, 5) is 15.8. The zero-order valence-corrected chi connectivity index (χ0v) is 19.9. The summed E-state index contributed by atoms with van der Waals surface area (Å²) in [5.41, 5.74) is 11.3. The molecule has 1 aromatic heterocycles. The van der Waals surface area contributed by atoms with Gasteiger partial charge in [-0.2, -0.15) is 0 Å². The van der Waals surface area contributed by atoms with Crippen molar-refractivity contribution in [3.63, 3.8) is 0 Å². The van der Waals surface area contributed by atoms with Gasteiger partial charge < -0.3 is 16.4 Å². The molecule has 0 unspecified atom stereocenters. The number of hydrogen-bond donors (Lipinski definition) is 3. The van der Waals surface area contributed by atoms with Crippen LogP contribution in [-0.2, 0) is 0 Å². The lowest BCUT2D eigenvalue weighted by atomic mass is 10.0. The van der Waals surface area contributed by atoms with E-state index in [1.54, 1.807) is 0 Å². The smallest absolute Gasteiger partial charge is 0.227 e. The van der Waals surface area contributed by atoms with Gasteiger partial charge in [-0.15, -0.1) is 0 Å². The highest BCUT2D eigenvalue weighted by atomic mass is 19.1. The van der Waals surface area contributed by atoms with Crippen molar-refractivity contribution in [2.75, 3.05) is 36.9 Å². The molecule has 4 aromatic rings. The second kappa shape index (κ2) is 10.5. The molecule has 8 heteroatoms. The first-order valence-electron chi connectivity index (χ1n) is 11.9. The highest BCUT2D eigenvalue weighted by Crippen LogP contribution is 2.30. The Morgan fingerprint density at radius 3 is 2.67 bits per heavy atom. The molecule has 7 nitrogen and oxygen atoms in total. The molecule has 1 aliphatic heterocycles. The van der Waals surface area contributed by atoms with Gasteiger partial charge >= 0.3 is 0 Å². The second-order valence-electron chi connectivity index (χ2n) is 8.72. The van der Waals surface area contributed by atoms with Crippen molar-refractivity contribution in [3.05, 3.63) is 85.6 Å². The average molecular weight is 482 g/mol. The van der Waals surface area contributed by atoms with E-state index in [9.17, 15) is 4.39 Å². The maximum Gasteiger partial charge on any atom is 0.227 e. The topological polar surface area (TPSA) is 91.5 Å². The zero-order valence-electron chi connectivity index (χ0n) is 19.9. The summed E-state index contributed by atoms with van der Waals surface area (Å²) >= 11 is 0. The average Bonchev–Trinajstić information content (AvgIpc) is 2.88. The van der Waals surface area contributed by atoms with Crippen molar-refractivity contribution in [1.82, 2.24) is 14.9 Å². The van der Waals surface area contributed by atoms with E-state index in [4.69, 9.17) is 10.7 Å². The standard InChI is InChI=1S/C28H28FN7/c1-2-26(30)33-23-7-3-5-19(15-23)25-8-4-6-20-16-31-28(35-27(20)25)34-22-11-9-21(10-12-22)32-24-17-36(18-24)14-13-29/h2-12,15-16,24,32H,1,13-14,17-18H2,(H2,30,33)(H,31,34,35). The van der Waals surface area contributed by atoms with Crippen molar-refractivity contribution < 1.29 is 4.39 Å². The van der Waals surface area contributed by atoms with E-state index in [0.29, 0.717) is 24.4 Å². The number of nitrogens with two attached hydrogens (primary N) is 1. The van der Waals surface area contributed by atoms with Gasteiger partial charge in [0.2, 0.25) is 5.95 Å². The molecular weight excluding hydrogens is 453 g/mol. The van der Waals surface area contributed by atoms with Gasteiger partial charge in [-0.05, 0) is 48.0 Å². The van der Waals surface area contributed by atoms with Crippen molar-refractivity contribution in [2.45, 2.75) is 6.04 Å². The van der Waals surface area contributed by atoms with E-state index >= 15 is 0 Å². The predicted octanol–water partition coefficient (Wildman–Crippen LogP) is 5.28. The van der Waals surface area contributed by atoms with Crippen LogP contribution in [0.25, 0.3) is 22.0 Å². The van der Waals surface area contributed by atoms with Crippen LogP contribution in [0.2, 0.25) is 0 Å². The molecule has 0 radical (unpaired) electrons. The maximum absolute atomic E-state index is 12.4. The quantitative estimate of drug-likeness (QED) is 0.223. The van der Waals surface area contributed by atoms with Gasteiger partial charge in [0.15, 0.2) is 0 Å².